The molecular formula is C21H26FN3O5. The van der Waals surface area contributed by atoms with Crippen molar-refractivity contribution in [3.05, 3.63) is 57.7 Å². The summed E-state index contributed by atoms with van der Waals surface area (Å²) in [6.07, 6.45) is 0. The number of methoxy groups -OCH3 is 1. The first-order valence-corrected chi connectivity index (χ1v) is 9.44. The van der Waals surface area contributed by atoms with Gasteiger partial charge in [-0.3, -0.25) is 9.59 Å². The predicted octanol–water partition coefficient (Wildman–Crippen LogP) is 2.04. The molecule has 0 radical (unpaired) electrons. The van der Waals surface area contributed by atoms with Gasteiger partial charge in [0.15, 0.2) is 0 Å². The Morgan fingerprint density at radius 3 is 2.33 bits per heavy atom. The van der Waals surface area contributed by atoms with E-state index in [0.717, 1.165) is 0 Å². The third-order valence-corrected chi connectivity index (χ3v) is 4.52. The molecule has 0 aliphatic rings. The number of benzene rings is 1. The number of hydrogen-bond donors (Lipinski definition) is 3. The van der Waals surface area contributed by atoms with Crippen LogP contribution in [0.1, 0.15) is 48.0 Å². The van der Waals surface area contributed by atoms with Crippen molar-refractivity contribution in [3.8, 4) is 0 Å². The van der Waals surface area contributed by atoms with Crippen LogP contribution in [-0.4, -0.2) is 56.2 Å². The number of H-pyrrole nitrogens is 1. The number of esters is 1. The normalized spacial score (nSPS) is 10.6. The minimum atomic E-state index is -0.532. The van der Waals surface area contributed by atoms with E-state index in [1.165, 1.54) is 25.3 Å². The van der Waals surface area contributed by atoms with E-state index in [-0.39, 0.29) is 37.6 Å². The number of halogens is 1. The number of aryl methyl sites for hydroxylation is 2. The fraction of sp³-hybridized carbons (Fsp3) is 0.381. The fourth-order valence-corrected chi connectivity index (χ4v) is 2.85. The molecule has 0 saturated heterocycles. The SMILES string of the molecule is COCCOC(=O)c1c(C)[nH]c(C(=O)NCCNC(=O)c2ccc(C)c(F)c2)c1C. The van der Waals surface area contributed by atoms with Gasteiger partial charge in [-0.25, -0.2) is 9.18 Å². The lowest BCUT2D eigenvalue weighted by Gasteiger charge is -2.08. The van der Waals surface area contributed by atoms with E-state index in [4.69, 9.17) is 9.47 Å². The van der Waals surface area contributed by atoms with Gasteiger partial charge >= 0.3 is 5.97 Å². The summed E-state index contributed by atoms with van der Waals surface area (Å²) in [7, 11) is 1.50. The predicted molar refractivity (Wildman–Crippen MR) is 108 cm³/mol. The minimum absolute atomic E-state index is 0.117. The van der Waals surface area contributed by atoms with Crippen molar-refractivity contribution in [3.63, 3.8) is 0 Å². The zero-order valence-electron chi connectivity index (χ0n) is 17.5. The third-order valence-electron chi connectivity index (χ3n) is 4.52. The first-order valence-electron chi connectivity index (χ1n) is 9.44. The molecule has 162 valence electrons. The molecule has 0 aliphatic heterocycles. The molecule has 0 atom stereocenters. The average molecular weight is 419 g/mol. The Balaban J connectivity index is 1.89. The lowest BCUT2D eigenvalue weighted by atomic mass is 10.1. The first-order chi connectivity index (χ1) is 14.3. The van der Waals surface area contributed by atoms with Crippen LogP contribution in [0.4, 0.5) is 4.39 Å². The Kier molecular flexibility index (Phi) is 8.11. The monoisotopic (exact) mass is 419 g/mol. The van der Waals surface area contributed by atoms with E-state index < -0.39 is 23.6 Å². The van der Waals surface area contributed by atoms with Gasteiger partial charge in [-0.1, -0.05) is 6.07 Å². The van der Waals surface area contributed by atoms with Crippen molar-refractivity contribution in [2.24, 2.45) is 0 Å². The summed E-state index contributed by atoms with van der Waals surface area (Å²) in [5.41, 5.74) is 2.22. The fourth-order valence-electron chi connectivity index (χ4n) is 2.85. The van der Waals surface area contributed by atoms with Crippen LogP contribution in [0.25, 0.3) is 0 Å². The molecule has 0 bridgehead atoms. The second-order valence-electron chi connectivity index (χ2n) is 6.73. The summed E-state index contributed by atoms with van der Waals surface area (Å²) in [6, 6.07) is 4.23. The molecule has 0 unspecified atom stereocenters. The quantitative estimate of drug-likeness (QED) is 0.426. The number of amides is 2. The Morgan fingerprint density at radius 1 is 1.03 bits per heavy atom. The Morgan fingerprint density at radius 2 is 1.70 bits per heavy atom. The van der Waals surface area contributed by atoms with E-state index in [9.17, 15) is 18.8 Å². The van der Waals surface area contributed by atoms with Gasteiger partial charge in [0.05, 0.1) is 12.2 Å². The summed E-state index contributed by atoms with van der Waals surface area (Å²) in [5.74, 6) is -1.83. The van der Waals surface area contributed by atoms with Crippen LogP contribution in [0.15, 0.2) is 18.2 Å². The van der Waals surface area contributed by atoms with Crippen molar-refractivity contribution >= 4 is 17.8 Å². The molecule has 3 N–H and O–H groups in total. The topological polar surface area (TPSA) is 110 Å². The average Bonchev–Trinajstić information content (AvgIpc) is 3.01. The van der Waals surface area contributed by atoms with Gasteiger partial charge in [-0.05, 0) is 44.0 Å². The number of rotatable bonds is 9. The Bertz CT molecular complexity index is 939. The highest BCUT2D eigenvalue weighted by Crippen LogP contribution is 2.19. The highest BCUT2D eigenvalue weighted by molar-refractivity contribution is 6.00. The summed E-state index contributed by atoms with van der Waals surface area (Å²) < 4.78 is 23.5. The molecule has 2 amide bonds. The molecule has 0 aliphatic carbocycles. The molecule has 9 heteroatoms. The van der Waals surface area contributed by atoms with E-state index in [1.54, 1.807) is 20.8 Å². The largest absolute Gasteiger partial charge is 0.460 e. The molecular weight excluding hydrogens is 393 g/mol. The second-order valence-corrected chi connectivity index (χ2v) is 6.73. The number of aromatic amines is 1. The summed E-state index contributed by atoms with van der Waals surface area (Å²) in [6.45, 7) is 5.65. The lowest BCUT2D eigenvalue weighted by Crippen LogP contribution is -2.35. The van der Waals surface area contributed by atoms with Gasteiger partial charge in [0.25, 0.3) is 11.8 Å². The van der Waals surface area contributed by atoms with Crippen molar-refractivity contribution < 1.29 is 28.2 Å². The number of carbonyl (C=O) groups is 3. The van der Waals surface area contributed by atoms with Crippen molar-refractivity contribution in [1.82, 2.24) is 15.6 Å². The van der Waals surface area contributed by atoms with E-state index >= 15 is 0 Å². The molecule has 30 heavy (non-hydrogen) atoms. The molecule has 1 heterocycles. The molecule has 0 fully saturated rings. The highest BCUT2D eigenvalue weighted by Gasteiger charge is 2.22. The van der Waals surface area contributed by atoms with E-state index in [1.807, 2.05) is 0 Å². The zero-order valence-corrected chi connectivity index (χ0v) is 17.5. The highest BCUT2D eigenvalue weighted by atomic mass is 19.1. The molecule has 0 saturated carbocycles. The molecule has 2 rings (SSSR count). The summed E-state index contributed by atoms with van der Waals surface area (Å²) in [4.78, 5) is 39.6. The van der Waals surface area contributed by atoms with Crippen LogP contribution in [0.3, 0.4) is 0 Å². The van der Waals surface area contributed by atoms with Crippen molar-refractivity contribution in [2.45, 2.75) is 20.8 Å². The van der Waals surface area contributed by atoms with Gasteiger partial charge in [0.1, 0.15) is 18.1 Å². The van der Waals surface area contributed by atoms with Gasteiger partial charge in [-0.2, -0.15) is 0 Å². The van der Waals surface area contributed by atoms with Crippen LogP contribution in [-0.2, 0) is 9.47 Å². The number of carbonyl (C=O) groups excluding carboxylic acids is 3. The van der Waals surface area contributed by atoms with E-state index in [2.05, 4.69) is 15.6 Å². The van der Waals surface area contributed by atoms with Gasteiger partial charge < -0.3 is 25.1 Å². The standard InChI is InChI=1S/C21H26FN3O5/c1-12-5-6-15(11-16(12)22)19(26)23-7-8-24-20(27)18-13(2)17(14(3)25-18)21(28)30-10-9-29-4/h5-6,11,25H,7-10H2,1-4H3,(H,23,26)(H,24,27). The van der Waals surface area contributed by atoms with Crippen LogP contribution in [0.5, 0.6) is 0 Å². The van der Waals surface area contributed by atoms with Crippen molar-refractivity contribution in [2.75, 3.05) is 33.4 Å². The lowest BCUT2D eigenvalue weighted by molar-refractivity contribution is 0.0386. The second kappa shape index (κ2) is 10.5. The molecule has 1 aromatic heterocycles. The number of aromatic nitrogens is 1. The van der Waals surface area contributed by atoms with Gasteiger partial charge in [0, 0.05) is 31.5 Å². The third kappa shape index (κ3) is 5.66. The Labute approximate surface area is 174 Å². The smallest absolute Gasteiger partial charge is 0.340 e. The molecule has 1 aromatic carbocycles. The van der Waals surface area contributed by atoms with Crippen molar-refractivity contribution in [1.29, 1.82) is 0 Å². The molecule has 0 spiro atoms. The summed E-state index contributed by atoms with van der Waals surface area (Å²) >= 11 is 0. The van der Waals surface area contributed by atoms with Crippen LogP contribution >= 0.6 is 0 Å². The Hall–Kier alpha value is -3.20. The first kappa shape index (κ1) is 23.1. The number of nitrogens with one attached hydrogen (secondary N) is 3. The van der Waals surface area contributed by atoms with Crippen LogP contribution in [0, 0.1) is 26.6 Å². The summed E-state index contributed by atoms with van der Waals surface area (Å²) in [5, 5.41) is 5.28. The van der Waals surface area contributed by atoms with Gasteiger partial charge in [-0.15, -0.1) is 0 Å². The van der Waals surface area contributed by atoms with Crippen LogP contribution in [0.2, 0.25) is 0 Å². The number of hydrogen-bond acceptors (Lipinski definition) is 5. The maximum absolute atomic E-state index is 13.6. The minimum Gasteiger partial charge on any atom is -0.460 e. The van der Waals surface area contributed by atoms with Crippen LogP contribution < -0.4 is 10.6 Å². The maximum atomic E-state index is 13.6. The maximum Gasteiger partial charge on any atom is 0.340 e. The van der Waals surface area contributed by atoms with E-state index in [0.29, 0.717) is 22.4 Å². The van der Waals surface area contributed by atoms with Gasteiger partial charge in [0.2, 0.25) is 0 Å². The molecule has 2 aromatic rings. The molecule has 8 nitrogen and oxygen atoms in total. The zero-order chi connectivity index (χ0) is 22.3. The number of ether oxygens (including phenoxy) is 2.